The number of H-pyrrole nitrogens is 1. The van der Waals surface area contributed by atoms with Crippen molar-refractivity contribution in [2.75, 3.05) is 11.9 Å². The maximum atomic E-state index is 13.5. The third kappa shape index (κ3) is 6.02. The van der Waals surface area contributed by atoms with Crippen LogP contribution in [0.2, 0.25) is 0 Å². The van der Waals surface area contributed by atoms with Gasteiger partial charge in [-0.3, -0.25) is 24.6 Å². The van der Waals surface area contributed by atoms with E-state index in [0.717, 1.165) is 21.7 Å². The number of carbonyl (C=O) groups excluding carboxylic acids is 2. The largest absolute Gasteiger partial charge is 0.408 e. The number of aromatic nitrogens is 4. The molecular weight excluding hydrogens is 509 g/mol. The molecule has 2 N–H and O–H groups in total. The normalized spacial score (nSPS) is 15.8. The van der Waals surface area contributed by atoms with Gasteiger partial charge in [-0.25, -0.2) is 4.98 Å². The maximum absolute atomic E-state index is 13.5. The number of alkyl halides is 3. The van der Waals surface area contributed by atoms with Crippen LogP contribution in [-0.4, -0.2) is 55.2 Å². The van der Waals surface area contributed by atoms with Gasteiger partial charge in [0.2, 0.25) is 11.9 Å². The van der Waals surface area contributed by atoms with Gasteiger partial charge in [-0.1, -0.05) is 30.3 Å². The first-order valence-electron chi connectivity index (χ1n) is 12.7. The van der Waals surface area contributed by atoms with Crippen LogP contribution in [0.15, 0.2) is 73.2 Å². The SMILES string of the molecule is O=C(Nc1nc(CCC(=O)N2CCCCC2C(F)(F)F)cn1-c1ccccc1)c1cccc(-c2cn[nH]c2)c1. The number of anilines is 1. The fraction of sp³-hybridized carbons (Fsp3) is 0.286. The third-order valence-corrected chi connectivity index (χ3v) is 6.77. The van der Waals surface area contributed by atoms with Crippen LogP contribution < -0.4 is 5.32 Å². The Morgan fingerprint density at radius 2 is 1.87 bits per heavy atom. The number of likely N-dealkylation sites (tertiary alicyclic amines) is 1. The predicted molar refractivity (Wildman–Crippen MR) is 139 cm³/mol. The molecule has 0 radical (unpaired) electrons. The van der Waals surface area contributed by atoms with Crippen molar-refractivity contribution in [1.82, 2.24) is 24.6 Å². The lowest BCUT2D eigenvalue weighted by atomic mass is 10.0. The molecule has 0 saturated carbocycles. The Labute approximate surface area is 222 Å². The molecule has 4 aromatic rings. The molecule has 5 rings (SSSR count). The molecule has 0 spiro atoms. The van der Waals surface area contributed by atoms with Gasteiger partial charge >= 0.3 is 6.18 Å². The topological polar surface area (TPSA) is 95.9 Å². The quantitative estimate of drug-likeness (QED) is 0.331. The Bertz CT molecular complexity index is 1430. The Hall–Kier alpha value is -4.41. The minimum Gasteiger partial charge on any atom is -0.331 e. The van der Waals surface area contributed by atoms with Gasteiger partial charge in [-0.05, 0) is 49.1 Å². The molecule has 11 heteroatoms. The van der Waals surface area contributed by atoms with Gasteiger partial charge in [0.05, 0.1) is 11.9 Å². The number of hydrogen-bond donors (Lipinski definition) is 2. The van der Waals surface area contributed by atoms with Crippen molar-refractivity contribution in [1.29, 1.82) is 0 Å². The second-order valence-electron chi connectivity index (χ2n) is 9.42. The number of aromatic amines is 1. The van der Waals surface area contributed by atoms with Crippen LogP contribution >= 0.6 is 0 Å². The van der Waals surface area contributed by atoms with Crippen molar-refractivity contribution in [3.05, 3.63) is 84.4 Å². The number of nitrogens with one attached hydrogen (secondary N) is 2. The van der Waals surface area contributed by atoms with Gasteiger partial charge < -0.3 is 4.90 Å². The first kappa shape index (κ1) is 26.2. The molecule has 2 amide bonds. The van der Waals surface area contributed by atoms with Gasteiger partial charge in [0, 0.05) is 48.6 Å². The summed E-state index contributed by atoms with van der Waals surface area (Å²) < 4.78 is 42.1. The lowest BCUT2D eigenvalue weighted by Gasteiger charge is -2.36. The highest BCUT2D eigenvalue weighted by atomic mass is 19.4. The second kappa shape index (κ2) is 11.1. The van der Waals surface area contributed by atoms with Crippen molar-refractivity contribution in [3.8, 4) is 16.8 Å². The lowest BCUT2D eigenvalue weighted by molar-refractivity contribution is -0.195. The van der Waals surface area contributed by atoms with Crippen molar-refractivity contribution >= 4 is 17.8 Å². The molecule has 1 unspecified atom stereocenters. The van der Waals surface area contributed by atoms with Crippen molar-refractivity contribution in [2.45, 2.75) is 44.3 Å². The van der Waals surface area contributed by atoms with Crippen LogP contribution in [0.4, 0.5) is 19.1 Å². The number of hydrogen-bond acceptors (Lipinski definition) is 4. The summed E-state index contributed by atoms with van der Waals surface area (Å²) in [4.78, 5) is 31.5. The summed E-state index contributed by atoms with van der Waals surface area (Å²) in [5.74, 6) is -0.687. The Balaban J connectivity index is 1.35. The fourth-order valence-corrected chi connectivity index (χ4v) is 4.79. The molecule has 1 aliphatic rings. The summed E-state index contributed by atoms with van der Waals surface area (Å²) in [6.07, 6.45) is 1.59. The molecule has 1 aliphatic heterocycles. The molecular formula is C28H27F3N6O2. The molecule has 0 bridgehead atoms. The number of halogens is 3. The third-order valence-electron chi connectivity index (χ3n) is 6.77. The zero-order valence-corrected chi connectivity index (χ0v) is 21.0. The smallest absolute Gasteiger partial charge is 0.331 e. The Morgan fingerprint density at radius 3 is 2.62 bits per heavy atom. The van der Waals surface area contributed by atoms with Crippen molar-refractivity contribution in [2.24, 2.45) is 0 Å². The molecule has 202 valence electrons. The Kier molecular flexibility index (Phi) is 7.49. The van der Waals surface area contributed by atoms with Gasteiger partial charge in [-0.2, -0.15) is 18.3 Å². The van der Waals surface area contributed by atoms with E-state index in [-0.39, 0.29) is 37.7 Å². The number of carbonyl (C=O) groups is 2. The molecule has 0 aliphatic carbocycles. The number of piperidine rings is 1. The monoisotopic (exact) mass is 536 g/mol. The highest BCUT2D eigenvalue weighted by Crippen LogP contribution is 2.32. The van der Waals surface area contributed by atoms with E-state index in [1.165, 1.54) is 0 Å². The van der Waals surface area contributed by atoms with Crippen LogP contribution in [0.5, 0.6) is 0 Å². The number of benzene rings is 2. The average molecular weight is 537 g/mol. The average Bonchev–Trinajstić information content (AvgIpc) is 3.62. The van der Waals surface area contributed by atoms with Crippen LogP contribution in [-0.2, 0) is 11.2 Å². The zero-order valence-electron chi connectivity index (χ0n) is 21.0. The number of amides is 2. The summed E-state index contributed by atoms with van der Waals surface area (Å²) in [5.41, 5.74) is 3.28. The number of imidazole rings is 1. The van der Waals surface area contributed by atoms with E-state index in [1.54, 1.807) is 41.4 Å². The van der Waals surface area contributed by atoms with Crippen LogP contribution in [0.3, 0.4) is 0 Å². The molecule has 3 heterocycles. The zero-order chi connectivity index (χ0) is 27.4. The lowest BCUT2D eigenvalue weighted by Crippen LogP contribution is -2.51. The van der Waals surface area contributed by atoms with Crippen molar-refractivity contribution in [3.63, 3.8) is 0 Å². The molecule has 39 heavy (non-hydrogen) atoms. The summed E-state index contributed by atoms with van der Waals surface area (Å²) in [6, 6.07) is 14.5. The van der Waals surface area contributed by atoms with E-state index in [1.807, 2.05) is 36.4 Å². The van der Waals surface area contributed by atoms with Gasteiger partial charge in [-0.15, -0.1) is 0 Å². The molecule has 1 saturated heterocycles. The molecule has 2 aromatic carbocycles. The van der Waals surface area contributed by atoms with Gasteiger partial charge in [0.1, 0.15) is 6.04 Å². The van der Waals surface area contributed by atoms with E-state index in [0.29, 0.717) is 24.1 Å². The van der Waals surface area contributed by atoms with E-state index in [4.69, 9.17) is 0 Å². The molecule has 2 aromatic heterocycles. The van der Waals surface area contributed by atoms with Crippen LogP contribution in [0.25, 0.3) is 16.8 Å². The van der Waals surface area contributed by atoms with Crippen LogP contribution in [0.1, 0.15) is 41.7 Å². The van der Waals surface area contributed by atoms with Gasteiger partial charge in [0.15, 0.2) is 0 Å². The number of rotatable bonds is 7. The van der Waals surface area contributed by atoms with Crippen molar-refractivity contribution < 1.29 is 22.8 Å². The minimum atomic E-state index is -4.45. The first-order valence-corrected chi connectivity index (χ1v) is 12.7. The summed E-state index contributed by atoms with van der Waals surface area (Å²) >= 11 is 0. The van der Waals surface area contributed by atoms with Gasteiger partial charge in [0.25, 0.3) is 5.91 Å². The Morgan fingerprint density at radius 1 is 1.05 bits per heavy atom. The summed E-state index contributed by atoms with van der Waals surface area (Å²) in [6.45, 7) is 0.0979. The maximum Gasteiger partial charge on any atom is 0.408 e. The molecule has 1 fully saturated rings. The second-order valence-corrected chi connectivity index (χ2v) is 9.42. The highest BCUT2D eigenvalue weighted by Gasteiger charge is 2.46. The number of aryl methyl sites for hydroxylation is 1. The standard InChI is InChI=1S/C28H27F3N6O2/c29-28(30,31)24-11-4-5-14-36(24)25(38)13-12-22-18-37(23-9-2-1-3-10-23)27(34-22)35-26(39)20-8-6-7-19(15-20)21-16-32-33-17-21/h1-3,6-10,15-18,24H,4-5,11-14H2,(H,32,33)(H,34,35,39). The highest BCUT2D eigenvalue weighted by molar-refractivity contribution is 6.04. The van der Waals surface area contributed by atoms with E-state index >= 15 is 0 Å². The first-order chi connectivity index (χ1) is 18.8. The molecule has 8 nitrogen and oxygen atoms in total. The predicted octanol–water partition coefficient (Wildman–Crippen LogP) is 5.39. The molecule has 1 atom stereocenters. The number of para-hydroxylation sites is 1. The fourth-order valence-electron chi connectivity index (χ4n) is 4.79. The van der Waals surface area contributed by atoms with E-state index in [2.05, 4.69) is 20.5 Å². The summed E-state index contributed by atoms with van der Waals surface area (Å²) in [7, 11) is 0. The van der Waals surface area contributed by atoms with E-state index in [9.17, 15) is 22.8 Å². The summed E-state index contributed by atoms with van der Waals surface area (Å²) in [5, 5.41) is 9.53. The number of nitrogens with zero attached hydrogens (tertiary/aromatic N) is 4. The van der Waals surface area contributed by atoms with Crippen LogP contribution in [0, 0.1) is 0 Å². The van der Waals surface area contributed by atoms with E-state index < -0.39 is 18.1 Å². The minimum absolute atomic E-state index is 0.0736.